The molecule has 0 spiro atoms. The second-order valence-electron chi connectivity index (χ2n) is 7.58. The molecule has 156 valence electrons. The Morgan fingerprint density at radius 1 is 1.28 bits per heavy atom. The predicted molar refractivity (Wildman–Crippen MR) is 117 cm³/mol. The normalized spacial score (nSPS) is 16.2. The van der Waals surface area contributed by atoms with Crippen molar-refractivity contribution < 1.29 is 17.9 Å². The van der Waals surface area contributed by atoms with Crippen LogP contribution in [-0.2, 0) is 21.2 Å². The fourth-order valence-electron chi connectivity index (χ4n) is 3.52. The van der Waals surface area contributed by atoms with Crippen LogP contribution in [0.1, 0.15) is 31.9 Å². The number of carbonyl (C=O) groups is 1. The van der Waals surface area contributed by atoms with E-state index >= 15 is 0 Å². The van der Waals surface area contributed by atoms with Crippen LogP contribution in [-0.4, -0.2) is 33.0 Å². The fraction of sp³-hybridized carbons (Fsp3) is 0.381. The van der Waals surface area contributed by atoms with Crippen molar-refractivity contribution in [2.45, 2.75) is 51.1 Å². The maximum absolute atomic E-state index is 12.8. The minimum Gasteiger partial charge on any atom is -0.483 e. The van der Waals surface area contributed by atoms with E-state index in [0.717, 1.165) is 22.1 Å². The molecule has 1 unspecified atom stereocenters. The Kier molecular flexibility index (Phi) is 6.36. The number of rotatable bonds is 6. The number of hydrogen-bond acceptors (Lipinski definition) is 4. The van der Waals surface area contributed by atoms with Gasteiger partial charge in [0.1, 0.15) is 5.75 Å². The number of fused-ring (bicyclic) bond motifs is 1. The van der Waals surface area contributed by atoms with Crippen molar-refractivity contribution in [2.75, 3.05) is 11.5 Å². The smallest absolute Gasteiger partial charge is 0.265 e. The summed E-state index contributed by atoms with van der Waals surface area (Å²) in [5.41, 5.74) is 2.69. The van der Waals surface area contributed by atoms with E-state index in [1.165, 1.54) is 6.07 Å². The summed E-state index contributed by atoms with van der Waals surface area (Å²) in [6.45, 7) is 7.20. The summed E-state index contributed by atoms with van der Waals surface area (Å²) in [5.74, 6) is 0.362. The molecule has 2 aromatic carbocycles. The Bertz CT molecular complexity index is 1040. The number of ether oxygens (including phenoxy) is 1. The van der Waals surface area contributed by atoms with Crippen LogP contribution in [0.2, 0.25) is 0 Å². The molecule has 1 aliphatic heterocycles. The Labute approximate surface area is 180 Å². The molecule has 0 aliphatic carbocycles. The molecule has 1 aliphatic rings. The van der Waals surface area contributed by atoms with Crippen molar-refractivity contribution in [3.8, 4) is 5.75 Å². The molecular weight excluding hydrogens is 456 g/mol. The first-order valence-electron chi connectivity index (χ1n) is 9.45. The van der Waals surface area contributed by atoms with Crippen LogP contribution in [0.25, 0.3) is 0 Å². The number of aryl methyl sites for hydroxylation is 1. The molecule has 0 bridgehead atoms. The number of nitrogens with zero attached hydrogens (tertiary/aromatic N) is 1. The van der Waals surface area contributed by atoms with Crippen LogP contribution < -0.4 is 14.4 Å². The van der Waals surface area contributed by atoms with E-state index in [9.17, 15) is 13.2 Å². The zero-order valence-corrected chi connectivity index (χ0v) is 19.3. The van der Waals surface area contributed by atoms with Gasteiger partial charge in [0.25, 0.3) is 5.91 Å². The topological polar surface area (TPSA) is 75.7 Å². The van der Waals surface area contributed by atoms with E-state index < -0.39 is 10.0 Å². The summed E-state index contributed by atoms with van der Waals surface area (Å²) in [7, 11) is -3.57. The molecule has 0 aromatic heterocycles. The highest BCUT2D eigenvalue weighted by Crippen LogP contribution is 2.34. The molecule has 29 heavy (non-hydrogen) atoms. The highest BCUT2D eigenvalue weighted by molar-refractivity contribution is 9.10. The first-order valence-corrected chi connectivity index (χ1v) is 11.7. The molecule has 1 N–H and O–H groups in total. The second kappa shape index (κ2) is 8.45. The molecule has 2 aromatic rings. The molecule has 3 rings (SSSR count). The van der Waals surface area contributed by atoms with Gasteiger partial charge in [-0.05, 0) is 81.6 Å². The van der Waals surface area contributed by atoms with Gasteiger partial charge in [0.05, 0.1) is 4.90 Å². The lowest BCUT2D eigenvalue weighted by atomic mass is 10.1. The Morgan fingerprint density at radius 2 is 2.00 bits per heavy atom. The third-order valence-electron chi connectivity index (χ3n) is 4.72. The summed E-state index contributed by atoms with van der Waals surface area (Å²) in [4.78, 5) is 14.8. The van der Waals surface area contributed by atoms with Crippen LogP contribution in [0.5, 0.6) is 5.75 Å². The van der Waals surface area contributed by atoms with E-state index in [4.69, 9.17) is 4.74 Å². The van der Waals surface area contributed by atoms with Crippen LogP contribution in [0.4, 0.5) is 5.69 Å². The third-order valence-corrected chi connectivity index (χ3v) is 6.87. The van der Waals surface area contributed by atoms with Crippen molar-refractivity contribution in [3.63, 3.8) is 0 Å². The van der Waals surface area contributed by atoms with E-state index in [1.807, 2.05) is 25.1 Å². The summed E-state index contributed by atoms with van der Waals surface area (Å²) >= 11 is 3.47. The van der Waals surface area contributed by atoms with Crippen molar-refractivity contribution in [1.82, 2.24) is 4.72 Å². The monoisotopic (exact) mass is 480 g/mol. The molecule has 6 nitrogen and oxygen atoms in total. The number of amides is 1. The molecule has 0 radical (unpaired) electrons. The lowest BCUT2D eigenvalue weighted by Gasteiger charge is -2.23. The summed E-state index contributed by atoms with van der Waals surface area (Å²) in [6.07, 6.45) is 0.801. The van der Waals surface area contributed by atoms with Crippen molar-refractivity contribution in [2.24, 2.45) is 0 Å². The van der Waals surface area contributed by atoms with Crippen LogP contribution in [0.15, 0.2) is 45.8 Å². The van der Waals surface area contributed by atoms with Gasteiger partial charge in [-0.3, -0.25) is 4.79 Å². The predicted octanol–water partition coefficient (Wildman–Crippen LogP) is 3.80. The van der Waals surface area contributed by atoms with Crippen LogP contribution >= 0.6 is 15.9 Å². The van der Waals surface area contributed by atoms with Gasteiger partial charge >= 0.3 is 0 Å². The number of halogens is 1. The van der Waals surface area contributed by atoms with Gasteiger partial charge in [0, 0.05) is 22.2 Å². The van der Waals surface area contributed by atoms with E-state index in [-0.39, 0.29) is 29.5 Å². The summed E-state index contributed by atoms with van der Waals surface area (Å²) < 4.78 is 33.9. The molecule has 0 fully saturated rings. The zero-order valence-electron chi connectivity index (χ0n) is 16.9. The van der Waals surface area contributed by atoms with Crippen molar-refractivity contribution >= 4 is 37.5 Å². The standard InChI is InChI=1S/C21H25BrN2O4S/c1-13(2)23-29(26,27)18-6-8-20(14(3)9-18)28-12-21(25)24-15(4)10-16-11-17(22)5-7-19(16)24/h5-9,11,13,15,23H,10,12H2,1-4H3. The van der Waals surface area contributed by atoms with Gasteiger partial charge in [-0.15, -0.1) is 0 Å². The van der Waals surface area contributed by atoms with E-state index in [1.54, 1.807) is 37.8 Å². The first kappa shape index (κ1) is 21.8. The van der Waals surface area contributed by atoms with Crippen molar-refractivity contribution in [3.05, 3.63) is 52.0 Å². The van der Waals surface area contributed by atoms with Crippen LogP contribution in [0, 0.1) is 6.92 Å². The summed E-state index contributed by atoms with van der Waals surface area (Å²) in [5, 5.41) is 0. The number of hydrogen-bond donors (Lipinski definition) is 1. The van der Waals surface area contributed by atoms with Crippen LogP contribution in [0.3, 0.4) is 0 Å². The number of carbonyl (C=O) groups excluding carboxylic acids is 1. The van der Waals surface area contributed by atoms with Gasteiger partial charge in [0.15, 0.2) is 6.61 Å². The number of sulfonamides is 1. The highest BCUT2D eigenvalue weighted by Gasteiger charge is 2.31. The lowest BCUT2D eigenvalue weighted by Crippen LogP contribution is -2.39. The lowest BCUT2D eigenvalue weighted by molar-refractivity contribution is -0.120. The highest BCUT2D eigenvalue weighted by atomic mass is 79.9. The molecular formula is C21H25BrN2O4S. The zero-order chi connectivity index (χ0) is 21.3. The number of nitrogens with one attached hydrogen (secondary N) is 1. The average Bonchev–Trinajstić information content (AvgIpc) is 2.94. The second-order valence-corrected chi connectivity index (χ2v) is 10.2. The molecule has 0 saturated carbocycles. The third kappa shape index (κ3) is 4.82. The quantitative estimate of drug-likeness (QED) is 0.681. The largest absolute Gasteiger partial charge is 0.483 e. The molecule has 1 amide bonds. The molecule has 1 atom stereocenters. The van der Waals surface area contributed by atoms with Gasteiger partial charge in [-0.2, -0.15) is 0 Å². The van der Waals surface area contributed by atoms with Gasteiger partial charge in [0.2, 0.25) is 10.0 Å². The summed E-state index contributed by atoms with van der Waals surface area (Å²) in [6, 6.07) is 10.4. The van der Waals surface area contributed by atoms with Gasteiger partial charge < -0.3 is 9.64 Å². The minimum absolute atomic E-state index is 0.0612. The minimum atomic E-state index is -3.57. The molecule has 8 heteroatoms. The fourth-order valence-corrected chi connectivity index (χ4v) is 5.26. The van der Waals surface area contributed by atoms with Gasteiger partial charge in [-0.25, -0.2) is 13.1 Å². The van der Waals surface area contributed by atoms with E-state index in [2.05, 4.69) is 20.7 Å². The number of benzene rings is 2. The average molecular weight is 481 g/mol. The maximum Gasteiger partial charge on any atom is 0.265 e. The first-order chi connectivity index (χ1) is 13.6. The molecule has 0 saturated heterocycles. The Balaban J connectivity index is 1.71. The Morgan fingerprint density at radius 3 is 2.66 bits per heavy atom. The van der Waals surface area contributed by atoms with Gasteiger partial charge in [-0.1, -0.05) is 15.9 Å². The van der Waals surface area contributed by atoms with E-state index in [0.29, 0.717) is 11.3 Å². The van der Waals surface area contributed by atoms with Crippen molar-refractivity contribution in [1.29, 1.82) is 0 Å². The SMILES string of the molecule is Cc1cc(S(=O)(=O)NC(C)C)ccc1OCC(=O)N1c2ccc(Br)cc2CC1C. The Hall–Kier alpha value is -1.90. The number of anilines is 1. The maximum atomic E-state index is 12.8. The molecule has 1 heterocycles.